The minimum atomic E-state index is 0.978. The van der Waals surface area contributed by atoms with Crippen LogP contribution in [0, 0.1) is 0 Å². The molecule has 7 aromatic carbocycles. The standard InChI is InChI=1S/C40H23N3/c1-2-7-37-35(6-1)42-40-32-19-16-29(22-33(32)34-23-41-21-20-36(34)43(37)40)24-8-10-25(11-9-24)30-17-14-28-13-12-26-4-3-5-27-15-18-31(30)39(28)38(26)27/h1-23H. The average Bonchev–Trinajstić information content (AvgIpc) is 3.47. The third-order valence-electron chi connectivity index (χ3n) is 9.21. The van der Waals surface area contributed by atoms with Gasteiger partial charge >= 0.3 is 0 Å². The molecule has 10 aromatic rings. The van der Waals surface area contributed by atoms with Crippen LogP contribution >= 0.6 is 0 Å². The van der Waals surface area contributed by atoms with Crippen LogP contribution in [0.1, 0.15) is 0 Å². The van der Waals surface area contributed by atoms with Crippen LogP contribution in [0.15, 0.2) is 140 Å². The lowest BCUT2D eigenvalue weighted by Gasteiger charge is -2.14. The van der Waals surface area contributed by atoms with Crippen molar-refractivity contribution in [2.45, 2.75) is 0 Å². The zero-order valence-electron chi connectivity index (χ0n) is 23.1. The predicted molar refractivity (Wildman–Crippen MR) is 180 cm³/mol. The number of rotatable bonds is 2. The topological polar surface area (TPSA) is 30.2 Å². The maximum absolute atomic E-state index is 5.04. The van der Waals surface area contributed by atoms with Crippen LogP contribution in [-0.4, -0.2) is 14.4 Å². The Morgan fingerprint density at radius 2 is 1.19 bits per heavy atom. The molecule has 3 heterocycles. The monoisotopic (exact) mass is 545 g/mol. The van der Waals surface area contributed by atoms with E-state index in [9.17, 15) is 0 Å². The molecule has 0 spiro atoms. The van der Waals surface area contributed by atoms with Gasteiger partial charge in [-0.3, -0.25) is 9.38 Å². The lowest BCUT2D eigenvalue weighted by atomic mass is 9.89. The third kappa shape index (κ3) is 3.14. The quantitative estimate of drug-likeness (QED) is 0.202. The minimum absolute atomic E-state index is 0.978. The maximum Gasteiger partial charge on any atom is 0.146 e. The fourth-order valence-electron chi connectivity index (χ4n) is 7.21. The molecule has 0 saturated carbocycles. The molecule has 0 aliphatic heterocycles. The lowest BCUT2D eigenvalue weighted by Crippen LogP contribution is -1.92. The Morgan fingerprint density at radius 3 is 2.07 bits per heavy atom. The molecule has 3 heteroatoms. The van der Waals surface area contributed by atoms with Gasteiger partial charge in [0.15, 0.2) is 0 Å². The Labute approximate surface area is 246 Å². The summed E-state index contributed by atoms with van der Waals surface area (Å²) in [6.45, 7) is 0. The van der Waals surface area contributed by atoms with Gasteiger partial charge in [-0.2, -0.15) is 0 Å². The maximum atomic E-state index is 5.04. The number of benzene rings is 7. The van der Waals surface area contributed by atoms with Crippen LogP contribution in [0.3, 0.4) is 0 Å². The lowest BCUT2D eigenvalue weighted by molar-refractivity contribution is 1.28. The fourth-order valence-corrected chi connectivity index (χ4v) is 7.21. The third-order valence-corrected chi connectivity index (χ3v) is 9.21. The number of aromatic nitrogens is 3. The SMILES string of the molecule is c1cc2ccc3ccc(-c4ccc(-c5ccc6c(c5)c5cnccc5n5c7ccccc7nc65)cc4)c4ccc(c1)c2c34. The smallest absolute Gasteiger partial charge is 0.146 e. The summed E-state index contributed by atoms with van der Waals surface area (Å²) in [6, 6.07) is 46.3. The molecule has 3 aromatic heterocycles. The Morgan fingerprint density at radius 1 is 0.465 bits per heavy atom. The van der Waals surface area contributed by atoms with Crippen molar-refractivity contribution in [2.24, 2.45) is 0 Å². The molecular weight excluding hydrogens is 522 g/mol. The highest BCUT2D eigenvalue weighted by Crippen LogP contribution is 2.40. The van der Waals surface area contributed by atoms with Crippen molar-refractivity contribution in [3.05, 3.63) is 140 Å². The van der Waals surface area contributed by atoms with Crippen molar-refractivity contribution in [3.63, 3.8) is 0 Å². The summed E-state index contributed by atoms with van der Waals surface area (Å²) in [5.74, 6) is 0. The first-order chi connectivity index (χ1) is 21.3. The van der Waals surface area contributed by atoms with Gasteiger partial charge in [0.2, 0.25) is 0 Å². The molecule has 0 radical (unpaired) electrons. The van der Waals surface area contributed by atoms with Crippen molar-refractivity contribution in [1.82, 2.24) is 14.4 Å². The Balaban J connectivity index is 1.14. The van der Waals surface area contributed by atoms with E-state index in [1.165, 1.54) is 60.0 Å². The van der Waals surface area contributed by atoms with Gasteiger partial charge in [-0.25, -0.2) is 4.98 Å². The van der Waals surface area contributed by atoms with E-state index in [0.29, 0.717) is 0 Å². The Hall–Kier alpha value is -5.80. The van der Waals surface area contributed by atoms with E-state index in [2.05, 4.69) is 131 Å². The molecule has 0 bridgehead atoms. The minimum Gasteiger partial charge on any atom is -0.292 e. The second-order valence-electron chi connectivity index (χ2n) is 11.5. The fraction of sp³-hybridized carbons (Fsp3) is 0. The van der Waals surface area contributed by atoms with Crippen LogP contribution in [-0.2, 0) is 0 Å². The molecule has 0 saturated heterocycles. The second kappa shape index (κ2) is 8.37. The predicted octanol–water partition coefficient (Wildman–Crippen LogP) is 10.4. The van der Waals surface area contributed by atoms with Crippen molar-refractivity contribution in [3.8, 4) is 22.3 Å². The molecular formula is C40H23N3. The van der Waals surface area contributed by atoms with Crippen molar-refractivity contribution < 1.29 is 0 Å². The molecule has 0 aliphatic rings. The molecule has 3 nitrogen and oxygen atoms in total. The molecule has 0 N–H and O–H groups in total. The summed E-state index contributed by atoms with van der Waals surface area (Å²) in [6.07, 6.45) is 3.84. The number of imidazole rings is 1. The first kappa shape index (κ1) is 22.8. The molecule has 0 aliphatic carbocycles. The molecule has 10 rings (SSSR count). The van der Waals surface area contributed by atoms with Crippen molar-refractivity contribution >= 4 is 70.7 Å². The van der Waals surface area contributed by atoms with E-state index in [1.54, 1.807) is 0 Å². The molecule has 0 fully saturated rings. The molecule has 0 unspecified atom stereocenters. The van der Waals surface area contributed by atoms with Crippen LogP contribution in [0.25, 0.3) is 92.9 Å². The van der Waals surface area contributed by atoms with E-state index in [1.807, 2.05) is 18.5 Å². The molecule has 0 amide bonds. The van der Waals surface area contributed by atoms with Gasteiger partial charge < -0.3 is 0 Å². The number of hydrogen-bond acceptors (Lipinski definition) is 2. The number of fused-ring (bicyclic) bond motifs is 8. The van der Waals surface area contributed by atoms with Gasteiger partial charge in [0, 0.05) is 23.2 Å². The number of pyridine rings is 2. The van der Waals surface area contributed by atoms with Gasteiger partial charge in [-0.05, 0) is 90.3 Å². The largest absolute Gasteiger partial charge is 0.292 e. The summed E-state index contributed by atoms with van der Waals surface area (Å²) in [5.41, 5.74) is 9.07. The number of para-hydroxylation sites is 2. The van der Waals surface area contributed by atoms with E-state index < -0.39 is 0 Å². The van der Waals surface area contributed by atoms with Gasteiger partial charge in [-0.1, -0.05) is 97.1 Å². The molecule has 198 valence electrons. The Bertz CT molecular complexity index is 2700. The zero-order chi connectivity index (χ0) is 28.1. The van der Waals surface area contributed by atoms with Crippen molar-refractivity contribution in [2.75, 3.05) is 0 Å². The van der Waals surface area contributed by atoms with E-state index in [-0.39, 0.29) is 0 Å². The summed E-state index contributed by atoms with van der Waals surface area (Å²) in [5, 5.41) is 11.3. The van der Waals surface area contributed by atoms with Gasteiger partial charge in [0.25, 0.3) is 0 Å². The van der Waals surface area contributed by atoms with E-state index >= 15 is 0 Å². The van der Waals surface area contributed by atoms with Gasteiger partial charge in [-0.15, -0.1) is 0 Å². The van der Waals surface area contributed by atoms with E-state index in [0.717, 1.165) is 33.0 Å². The molecule has 0 atom stereocenters. The zero-order valence-corrected chi connectivity index (χ0v) is 23.1. The number of nitrogens with zero attached hydrogens (tertiary/aromatic N) is 3. The summed E-state index contributed by atoms with van der Waals surface area (Å²) >= 11 is 0. The summed E-state index contributed by atoms with van der Waals surface area (Å²) < 4.78 is 2.26. The highest BCUT2D eigenvalue weighted by Gasteiger charge is 2.15. The molecule has 43 heavy (non-hydrogen) atoms. The first-order valence-electron chi connectivity index (χ1n) is 14.7. The summed E-state index contributed by atoms with van der Waals surface area (Å²) in [4.78, 5) is 9.54. The average molecular weight is 546 g/mol. The normalized spacial score (nSPS) is 12.2. The van der Waals surface area contributed by atoms with Crippen LogP contribution in [0.2, 0.25) is 0 Å². The van der Waals surface area contributed by atoms with Crippen LogP contribution < -0.4 is 0 Å². The Kier molecular flexibility index (Phi) is 4.45. The van der Waals surface area contributed by atoms with Crippen LogP contribution in [0.5, 0.6) is 0 Å². The summed E-state index contributed by atoms with van der Waals surface area (Å²) in [7, 11) is 0. The van der Waals surface area contributed by atoms with Crippen molar-refractivity contribution in [1.29, 1.82) is 0 Å². The van der Waals surface area contributed by atoms with E-state index in [4.69, 9.17) is 4.98 Å². The second-order valence-corrected chi connectivity index (χ2v) is 11.5. The first-order valence-corrected chi connectivity index (χ1v) is 14.7. The van der Waals surface area contributed by atoms with Gasteiger partial charge in [0.1, 0.15) is 5.65 Å². The highest BCUT2D eigenvalue weighted by atomic mass is 15.0. The highest BCUT2D eigenvalue weighted by molar-refractivity contribution is 6.25. The number of hydrogen-bond donors (Lipinski definition) is 0. The van der Waals surface area contributed by atoms with Crippen LogP contribution in [0.4, 0.5) is 0 Å². The van der Waals surface area contributed by atoms with Gasteiger partial charge in [0.05, 0.1) is 16.6 Å².